The second kappa shape index (κ2) is 6.75. The first-order valence-electron chi connectivity index (χ1n) is 8.10. The molecule has 0 N–H and O–H groups in total. The zero-order chi connectivity index (χ0) is 17.1. The molecule has 2 heterocycles. The summed E-state index contributed by atoms with van der Waals surface area (Å²) >= 11 is 0. The Bertz CT molecular complexity index is 739. The van der Waals surface area contributed by atoms with E-state index in [1.165, 1.54) is 5.69 Å². The summed E-state index contributed by atoms with van der Waals surface area (Å²) in [7, 11) is 3.92. The van der Waals surface area contributed by atoms with Crippen molar-refractivity contribution in [2.45, 2.75) is 6.92 Å². The highest BCUT2D eigenvalue weighted by molar-refractivity contribution is 5.52. The van der Waals surface area contributed by atoms with Crippen molar-refractivity contribution < 1.29 is 0 Å². The van der Waals surface area contributed by atoms with Crippen LogP contribution < -0.4 is 14.7 Å². The lowest BCUT2D eigenvalue weighted by molar-refractivity contribution is 0.646. The summed E-state index contributed by atoms with van der Waals surface area (Å²) in [6.07, 6.45) is 0. The summed E-state index contributed by atoms with van der Waals surface area (Å²) in [5.41, 5.74) is 2.85. The predicted molar refractivity (Wildman–Crippen MR) is 96.7 cm³/mol. The molecular formula is C18H22N6. The summed E-state index contributed by atoms with van der Waals surface area (Å²) in [6.45, 7) is 5.72. The van der Waals surface area contributed by atoms with Crippen molar-refractivity contribution in [3.63, 3.8) is 0 Å². The fourth-order valence-corrected chi connectivity index (χ4v) is 2.84. The molecule has 3 rings (SSSR count). The fourth-order valence-electron chi connectivity index (χ4n) is 2.84. The van der Waals surface area contributed by atoms with Crippen molar-refractivity contribution >= 4 is 17.5 Å². The lowest BCUT2D eigenvalue weighted by Crippen LogP contribution is -2.47. The quantitative estimate of drug-likeness (QED) is 0.862. The largest absolute Gasteiger partial charge is 0.368 e. The van der Waals surface area contributed by atoms with Crippen LogP contribution in [0.15, 0.2) is 30.3 Å². The smallest absolute Gasteiger partial charge is 0.226 e. The van der Waals surface area contributed by atoms with Crippen molar-refractivity contribution in [1.29, 1.82) is 5.26 Å². The van der Waals surface area contributed by atoms with Gasteiger partial charge in [0, 0.05) is 57.7 Å². The average Bonchev–Trinajstić information content (AvgIpc) is 2.61. The molecule has 0 spiro atoms. The fraction of sp³-hybridized carbons (Fsp3) is 0.389. The molecule has 0 aliphatic carbocycles. The molecule has 124 valence electrons. The number of anilines is 3. The van der Waals surface area contributed by atoms with Crippen LogP contribution >= 0.6 is 0 Å². The summed E-state index contributed by atoms with van der Waals surface area (Å²) in [5, 5.41) is 8.90. The highest BCUT2D eigenvalue weighted by atomic mass is 15.3. The number of hydrogen-bond donors (Lipinski definition) is 0. The second-order valence-electron chi connectivity index (χ2n) is 6.19. The summed E-state index contributed by atoms with van der Waals surface area (Å²) < 4.78 is 0. The van der Waals surface area contributed by atoms with Crippen LogP contribution in [0.3, 0.4) is 0 Å². The Morgan fingerprint density at radius 1 is 1.00 bits per heavy atom. The lowest BCUT2D eigenvalue weighted by atomic mass is 10.2. The molecule has 1 aliphatic heterocycles. The maximum absolute atomic E-state index is 8.90. The van der Waals surface area contributed by atoms with Gasteiger partial charge in [0.2, 0.25) is 5.95 Å². The minimum Gasteiger partial charge on any atom is -0.368 e. The van der Waals surface area contributed by atoms with Crippen molar-refractivity contribution in [3.05, 3.63) is 41.6 Å². The summed E-state index contributed by atoms with van der Waals surface area (Å²) in [5.74, 6) is 1.74. The number of nitrogens with zero attached hydrogens (tertiary/aromatic N) is 6. The van der Waals surface area contributed by atoms with E-state index >= 15 is 0 Å². The topological polar surface area (TPSA) is 59.3 Å². The molecule has 0 amide bonds. The van der Waals surface area contributed by atoms with Gasteiger partial charge in [-0.15, -0.1) is 0 Å². The van der Waals surface area contributed by atoms with Gasteiger partial charge in [0.25, 0.3) is 0 Å². The van der Waals surface area contributed by atoms with Gasteiger partial charge in [-0.2, -0.15) is 10.2 Å². The number of rotatable bonds is 3. The van der Waals surface area contributed by atoms with E-state index in [-0.39, 0.29) is 0 Å². The summed E-state index contributed by atoms with van der Waals surface area (Å²) in [4.78, 5) is 15.7. The van der Waals surface area contributed by atoms with Crippen LogP contribution in [0.4, 0.5) is 17.5 Å². The van der Waals surface area contributed by atoms with Gasteiger partial charge in [0.1, 0.15) is 5.82 Å². The first kappa shape index (κ1) is 16.1. The van der Waals surface area contributed by atoms with E-state index in [2.05, 4.69) is 25.8 Å². The van der Waals surface area contributed by atoms with Gasteiger partial charge >= 0.3 is 0 Å². The van der Waals surface area contributed by atoms with E-state index in [0.29, 0.717) is 5.56 Å². The molecule has 0 radical (unpaired) electrons. The maximum atomic E-state index is 8.90. The Morgan fingerprint density at radius 2 is 1.62 bits per heavy atom. The van der Waals surface area contributed by atoms with Gasteiger partial charge in [0.15, 0.2) is 0 Å². The van der Waals surface area contributed by atoms with Crippen LogP contribution in [0, 0.1) is 18.3 Å². The zero-order valence-corrected chi connectivity index (χ0v) is 14.4. The van der Waals surface area contributed by atoms with Gasteiger partial charge in [-0.05, 0) is 31.2 Å². The molecule has 0 saturated carbocycles. The number of hydrogen-bond acceptors (Lipinski definition) is 6. The minimum atomic E-state index is 0.699. The van der Waals surface area contributed by atoms with Gasteiger partial charge in [-0.25, -0.2) is 4.98 Å². The number of nitriles is 1. The van der Waals surface area contributed by atoms with E-state index in [1.807, 2.05) is 56.3 Å². The Kier molecular flexibility index (Phi) is 4.52. The Balaban J connectivity index is 1.69. The normalized spacial score (nSPS) is 14.4. The molecule has 1 fully saturated rings. The number of benzene rings is 1. The Hall–Kier alpha value is -2.81. The van der Waals surface area contributed by atoms with Crippen molar-refractivity contribution in [2.24, 2.45) is 0 Å². The van der Waals surface area contributed by atoms with Crippen LogP contribution in [0.2, 0.25) is 0 Å². The first-order chi connectivity index (χ1) is 11.6. The van der Waals surface area contributed by atoms with Crippen LogP contribution in [0.25, 0.3) is 0 Å². The van der Waals surface area contributed by atoms with E-state index in [9.17, 15) is 0 Å². The van der Waals surface area contributed by atoms with Crippen molar-refractivity contribution in [1.82, 2.24) is 9.97 Å². The van der Waals surface area contributed by atoms with E-state index in [0.717, 1.165) is 43.6 Å². The van der Waals surface area contributed by atoms with Crippen LogP contribution in [-0.4, -0.2) is 50.2 Å². The molecule has 24 heavy (non-hydrogen) atoms. The molecule has 2 aromatic rings. The van der Waals surface area contributed by atoms with Gasteiger partial charge in [-0.1, -0.05) is 0 Å². The minimum absolute atomic E-state index is 0.699. The molecular weight excluding hydrogens is 300 g/mol. The number of aromatic nitrogens is 2. The van der Waals surface area contributed by atoms with Crippen LogP contribution in [0.1, 0.15) is 11.3 Å². The SMILES string of the molecule is Cc1cc(N2CCN(c3ccc(C#N)cc3)CC2)nc(N(C)C)n1. The standard InChI is InChI=1S/C18H22N6/c1-14-12-17(21-18(20-14)22(2)3)24-10-8-23(9-11-24)16-6-4-15(13-19)5-7-16/h4-7,12H,8-11H2,1-3H3. The monoisotopic (exact) mass is 322 g/mol. The summed E-state index contributed by atoms with van der Waals surface area (Å²) in [6, 6.07) is 12.0. The van der Waals surface area contributed by atoms with Gasteiger partial charge in [0.05, 0.1) is 11.6 Å². The highest BCUT2D eigenvalue weighted by Gasteiger charge is 2.19. The zero-order valence-electron chi connectivity index (χ0n) is 14.4. The predicted octanol–water partition coefficient (Wildman–Crippen LogP) is 2.05. The third-order valence-corrected chi connectivity index (χ3v) is 4.19. The third kappa shape index (κ3) is 3.40. The third-order valence-electron chi connectivity index (χ3n) is 4.19. The maximum Gasteiger partial charge on any atom is 0.226 e. The second-order valence-corrected chi connectivity index (χ2v) is 6.19. The molecule has 0 unspecified atom stereocenters. The average molecular weight is 322 g/mol. The molecule has 6 nitrogen and oxygen atoms in total. The van der Waals surface area contributed by atoms with Gasteiger partial charge in [-0.3, -0.25) is 0 Å². The first-order valence-corrected chi connectivity index (χ1v) is 8.10. The highest BCUT2D eigenvalue weighted by Crippen LogP contribution is 2.21. The van der Waals surface area contributed by atoms with Crippen molar-refractivity contribution in [3.8, 4) is 6.07 Å². The van der Waals surface area contributed by atoms with E-state index < -0.39 is 0 Å². The van der Waals surface area contributed by atoms with Crippen molar-refractivity contribution in [2.75, 3.05) is 55.0 Å². The van der Waals surface area contributed by atoms with Crippen LogP contribution in [0.5, 0.6) is 0 Å². The number of piperazine rings is 1. The molecule has 0 atom stereocenters. The Labute approximate surface area is 143 Å². The molecule has 6 heteroatoms. The molecule has 1 aliphatic rings. The van der Waals surface area contributed by atoms with E-state index in [1.54, 1.807) is 0 Å². The molecule has 0 bridgehead atoms. The number of aryl methyl sites for hydroxylation is 1. The molecule has 1 aromatic carbocycles. The van der Waals surface area contributed by atoms with Gasteiger partial charge < -0.3 is 14.7 Å². The molecule has 1 saturated heterocycles. The lowest BCUT2D eigenvalue weighted by Gasteiger charge is -2.37. The van der Waals surface area contributed by atoms with Crippen LogP contribution in [-0.2, 0) is 0 Å². The Morgan fingerprint density at radius 3 is 2.21 bits per heavy atom. The molecule has 1 aromatic heterocycles. The van der Waals surface area contributed by atoms with E-state index in [4.69, 9.17) is 5.26 Å².